The number of hydrogen-bond acceptors (Lipinski definition) is 3. The third-order valence-corrected chi connectivity index (χ3v) is 3.82. The molecule has 2 rings (SSSR count). The lowest BCUT2D eigenvalue weighted by atomic mass is 9.99. The van der Waals surface area contributed by atoms with Gasteiger partial charge in [0.1, 0.15) is 5.75 Å². The van der Waals surface area contributed by atoms with Crippen LogP contribution >= 0.6 is 23.2 Å². The maximum Gasteiger partial charge on any atom is 0.119 e. The van der Waals surface area contributed by atoms with Crippen LogP contribution in [-0.4, -0.2) is 6.61 Å². The van der Waals surface area contributed by atoms with Crippen LogP contribution < -0.4 is 16.0 Å². The maximum absolute atomic E-state index is 6.21. The Hall–Kier alpha value is -1.26. The van der Waals surface area contributed by atoms with E-state index in [-0.39, 0.29) is 6.04 Å². The van der Waals surface area contributed by atoms with Gasteiger partial charge in [0, 0.05) is 10.0 Å². The second-order valence-electron chi connectivity index (χ2n) is 4.66. The van der Waals surface area contributed by atoms with Gasteiger partial charge in [0.25, 0.3) is 0 Å². The first kappa shape index (κ1) is 16.1. The second kappa shape index (κ2) is 7.66. The van der Waals surface area contributed by atoms with Gasteiger partial charge in [-0.15, -0.1) is 0 Å². The molecule has 21 heavy (non-hydrogen) atoms. The SMILES string of the molecule is CCOc1ccc(C(Cc2ccc(Cl)cc2Cl)NN)cc1. The van der Waals surface area contributed by atoms with Crippen LogP contribution in [0.4, 0.5) is 0 Å². The van der Waals surface area contributed by atoms with Crippen molar-refractivity contribution in [2.45, 2.75) is 19.4 Å². The fourth-order valence-electron chi connectivity index (χ4n) is 2.14. The summed E-state index contributed by atoms with van der Waals surface area (Å²) in [5.41, 5.74) is 4.90. The quantitative estimate of drug-likeness (QED) is 0.620. The molecule has 1 unspecified atom stereocenters. The Balaban J connectivity index is 2.15. The van der Waals surface area contributed by atoms with Gasteiger partial charge in [0.15, 0.2) is 0 Å². The first-order valence-corrected chi connectivity index (χ1v) is 7.52. The number of hydrazine groups is 1. The minimum absolute atomic E-state index is 0.0284. The Morgan fingerprint density at radius 3 is 2.43 bits per heavy atom. The molecular formula is C16H18Cl2N2O. The zero-order valence-electron chi connectivity index (χ0n) is 11.8. The molecule has 0 fully saturated rings. The van der Waals surface area contributed by atoms with Gasteiger partial charge in [-0.05, 0) is 48.7 Å². The Labute approximate surface area is 135 Å². The molecule has 0 aliphatic heterocycles. The van der Waals surface area contributed by atoms with Crippen molar-refractivity contribution in [3.8, 4) is 5.75 Å². The van der Waals surface area contributed by atoms with E-state index in [0.29, 0.717) is 23.1 Å². The third kappa shape index (κ3) is 4.35. The highest BCUT2D eigenvalue weighted by Crippen LogP contribution is 2.26. The van der Waals surface area contributed by atoms with Gasteiger partial charge in [0.2, 0.25) is 0 Å². The molecule has 3 nitrogen and oxygen atoms in total. The molecule has 2 aromatic rings. The number of hydrogen-bond donors (Lipinski definition) is 2. The fourth-order valence-corrected chi connectivity index (χ4v) is 2.63. The number of nitrogens with one attached hydrogen (secondary N) is 1. The number of ether oxygens (including phenoxy) is 1. The van der Waals surface area contributed by atoms with Crippen LogP contribution in [-0.2, 0) is 6.42 Å². The van der Waals surface area contributed by atoms with Crippen molar-refractivity contribution in [3.05, 3.63) is 63.6 Å². The summed E-state index contributed by atoms with van der Waals surface area (Å²) < 4.78 is 5.44. The highest BCUT2D eigenvalue weighted by Gasteiger charge is 2.13. The first-order chi connectivity index (χ1) is 10.1. The second-order valence-corrected chi connectivity index (χ2v) is 5.50. The molecule has 0 aliphatic carbocycles. The molecule has 0 radical (unpaired) electrons. The third-order valence-electron chi connectivity index (χ3n) is 3.23. The Bertz CT molecular complexity index is 587. The summed E-state index contributed by atoms with van der Waals surface area (Å²) in [5.74, 6) is 6.53. The highest BCUT2D eigenvalue weighted by atomic mass is 35.5. The average Bonchev–Trinajstić information content (AvgIpc) is 2.48. The minimum Gasteiger partial charge on any atom is -0.494 e. The molecule has 0 saturated heterocycles. The summed E-state index contributed by atoms with van der Waals surface area (Å²) in [5, 5.41) is 1.27. The van der Waals surface area contributed by atoms with Crippen LogP contribution in [0.1, 0.15) is 24.1 Å². The van der Waals surface area contributed by atoms with Crippen molar-refractivity contribution < 1.29 is 4.74 Å². The van der Waals surface area contributed by atoms with E-state index < -0.39 is 0 Å². The molecule has 2 aromatic carbocycles. The van der Waals surface area contributed by atoms with E-state index in [0.717, 1.165) is 16.9 Å². The Morgan fingerprint density at radius 2 is 1.86 bits per heavy atom. The van der Waals surface area contributed by atoms with E-state index in [2.05, 4.69) is 5.43 Å². The molecule has 3 N–H and O–H groups in total. The molecule has 0 amide bonds. The van der Waals surface area contributed by atoms with E-state index in [1.807, 2.05) is 43.3 Å². The predicted octanol–water partition coefficient (Wildman–Crippen LogP) is 4.14. The summed E-state index contributed by atoms with van der Waals surface area (Å²) in [6, 6.07) is 13.3. The van der Waals surface area contributed by atoms with Gasteiger partial charge < -0.3 is 4.74 Å². The molecule has 0 spiro atoms. The molecule has 0 bridgehead atoms. The van der Waals surface area contributed by atoms with Crippen molar-refractivity contribution in [2.75, 3.05) is 6.61 Å². The number of benzene rings is 2. The number of nitrogens with two attached hydrogens (primary N) is 1. The van der Waals surface area contributed by atoms with Gasteiger partial charge in [-0.25, -0.2) is 0 Å². The van der Waals surface area contributed by atoms with Crippen LogP contribution in [0.2, 0.25) is 10.0 Å². The molecule has 0 aliphatic rings. The topological polar surface area (TPSA) is 47.3 Å². The maximum atomic E-state index is 6.21. The van der Waals surface area contributed by atoms with Crippen molar-refractivity contribution >= 4 is 23.2 Å². The van der Waals surface area contributed by atoms with Crippen LogP contribution in [0, 0.1) is 0 Å². The van der Waals surface area contributed by atoms with E-state index in [9.17, 15) is 0 Å². The molecule has 0 saturated carbocycles. The minimum atomic E-state index is -0.0284. The first-order valence-electron chi connectivity index (χ1n) is 6.77. The normalized spacial score (nSPS) is 12.2. The van der Waals surface area contributed by atoms with E-state index in [4.69, 9.17) is 33.8 Å². The van der Waals surface area contributed by atoms with Crippen molar-refractivity contribution in [2.24, 2.45) is 5.84 Å². The lowest BCUT2D eigenvalue weighted by Gasteiger charge is -2.18. The molecule has 0 aromatic heterocycles. The van der Waals surface area contributed by atoms with Gasteiger partial charge in [-0.3, -0.25) is 11.3 Å². The van der Waals surface area contributed by atoms with Gasteiger partial charge in [-0.1, -0.05) is 41.4 Å². The highest BCUT2D eigenvalue weighted by molar-refractivity contribution is 6.35. The number of rotatable bonds is 6. The van der Waals surface area contributed by atoms with Crippen LogP contribution in [0.25, 0.3) is 0 Å². The Morgan fingerprint density at radius 1 is 1.14 bits per heavy atom. The van der Waals surface area contributed by atoms with Crippen LogP contribution in [0.15, 0.2) is 42.5 Å². The largest absolute Gasteiger partial charge is 0.494 e. The monoisotopic (exact) mass is 324 g/mol. The van der Waals surface area contributed by atoms with Gasteiger partial charge >= 0.3 is 0 Å². The van der Waals surface area contributed by atoms with Crippen molar-refractivity contribution in [1.29, 1.82) is 0 Å². The molecule has 0 heterocycles. The van der Waals surface area contributed by atoms with E-state index >= 15 is 0 Å². The molecule has 1 atom stereocenters. The zero-order valence-corrected chi connectivity index (χ0v) is 13.3. The van der Waals surface area contributed by atoms with Gasteiger partial charge in [0.05, 0.1) is 12.6 Å². The lowest BCUT2D eigenvalue weighted by Crippen LogP contribution is -2.29. The fraction of sp³-hybridized carbons (Fsp3) is 0.250. The zero-order chi connectivity index (χ0) is 15.2. The average molecular weight is 325 g/mol. The summed E-state index contributed by atoms with van der Waals surface area (Å²) in [6.45, 7) is 2.61. The molecule has 5 heteroatoms. The summed E-state index contributed by atoms with van der Waals surface area (Å²) in [6.07, 6.45) is 0.681. The van der Waals surface area contributed by atoms with Gasteiger partial charge in [-0.2, -0.15) is 0 Å². The number of halogens is 2. The van der Waals surface area contributed by atoms with Crippen LogP contribution in [0.3, 0.4) is 0 Å². The smallest absolute Gasteiger partial charge is 0.119 e. The summed E-state index contributed by atoms with van der Waals surface area (Å²) in [4.78, 5) is 0. The molecule has 112 valence electrons. The standard InChI is InChI=1S/C16H18Cl2N2O/c1-2-21-14-7-4-11(5-8-14)16(20-19)9-12-3-6-13(17)10-15(12)18/h3-8,10,16,20H,2,9,19H2,1H3. The van der Waals surface area contributed by atoms with E-state index in [1.165, 1.54) is 0 Å². The molecular weight excluding hydrogens is 307 g/mol. The van der Waals surface area contributed by atoms with Crippen LogP contribution in [0.5, 0.6) is 5.75 Å². The Kier molecular flexibility index (Phi) is 5.88. The summed E-state index contributed by atoms with van der Waals surface area (Å²) in [7, 11) is 0. The van der Waals surface area contributed by atoms with Crippen molar-refractivity contribution in [3.63, 3.8) is 0 Å². The van der Waals surface area contributed by atoms with E-state index in [1.54, 1.807) is 6.07 Å². The van der Waals surface area contributed by atoms with Crippen molar-refractivity contribution in [1.82, 2.24) is 5.43 Å². The summed E-state index contributed by atoms with van der Waals surface area (Å²) >= 11 is 12.1. The predicted molar refractivity (Wildman–Crippen MR) is 87.8 cm³/mol. The lowest BCUT2D eigenvalue weighted by molar-refractivity contribution is 0.340.